The number of esters is 1. The Morgan fingerprint density at radius 1 is 1.32 bits per heavy atom. The quantitative estimate of drug-likeness (QED) is 0.600. The van der Waals surface area contributed by atoms with E-state index in [1.165, 1.54) is 0 Å². The number of hydrogen-bond acceptors (Lipinski definition) is 5. The standard InChI is InChI=1S/C14H16O5/c15-11-10(6-7-14(8-18-14)12(11)16)19-13(17)9-4-2-1-3-5-9/h1-5,10-12,15-16H,6-8H2/t10-,11+,12+,14+/m1/s1. The molecule has 0 radical (unpaired) electrons. The fourth-order valence-corrected chi connectivity index (χ4v) is 2.54. The van der Waals surface area contributed by atoms with Gasteiger partial charge in [0, 0.05) is 0 Å². The number of carbonyl (C=O) groups excluding carboxylic acids is 1. The lowest BCUT2D eigenvalue weighted by atomic mass is 9.83. The normalized spacial score (nSPS) is 37.1. The topological polar surface area (TPSA) is 79.3 Å². The van der Waals surface area contributed by atoms with Crippen LogP contribution in [0.25, 0.3) is 0 Å². The summed E-state index contributed by atoms with van der Waals surface area (Å²) >= 11 is 0. The molecule has 5 nitrogen and oxygen atoms in total. The van der Waals surface area contributed by atoms with E-state index in [4.69, 9.17) is 9.47 Å². The van der Waals surface area contributed by atoms with Crippen LogP contribution in [-0.2, 0) is 9.47 Å². The highest BCUT2D eigenvalue weighted by Gasteiger charge is 2.58. The van der Waals surface area contributed by atoms with E-state index in [0.717, 1.165) is 0 Å². The Balaban J connectivity index is 1.66. The average Bonchev–Trinajstić information content (AvgIpc) is 3.22. The van der Waals surface area contributed by atoms with Crippen LogP contribution in [0.5, 0.6) is 0 Å². The van der Waals surface area contributed by atoms with Crippen LogP contribution in [0, 0.1) is 0 Å². The highest BCUT2D eigenvalue weighted by Crippen LogP contribution is 2.42. The maximum Gasteiger partial charge on any atom is 0.338 e. The molecule has 3 rings (SSSR count). The van der Waals surface area contributed by atoms with Crippen molar-refractivity contribution in [2.45, 2.75) is 36.8 Å². The van der Waals surface area contributed by atoms with Crippen LogP contribution >= 0.6 is 0 Å². The highest BCUT2D eigenvalue weighted by atomic mass is 16.6. The van der Waals surface area contributed by atoms with Crippen molar-refractivity contribution in [3.05, 3.63) is 35.9 Å². The van der Waals surface area contributed by atoms with Crippen LogP contribution in [-0.4, -0.2) is 46.7 Å². The minimum atomic E-state index is -1.09. The molecule has 0 amide bonds. The Hall–Kier alpha value is -1.43. The molecule has 1 aliphatic heterocycles. The van der Waals surface area contributed by atoms with Gasteiger partial charge in [0.05, 0.1) is 12.2 Å². The van der Waals surface area contributed by atoms with Crippen LogP contribution in [0.4, 0.5) is 0 Å². The SMILES string of the molecule is O=C(O[C@@H]1CC[C@]2(CO2)[C@@H](O)[C@H]1O)c1ccccc1. The first-order chi connectivity index (χ1) is 9.12. The Kier molecular flexibility index (Phi) is 3.05. The number of aliphatic hydroxyl groups is 2. The minimum absolute atomic E-state index is 0.437. The van der Waals surface area contributed by atoms with Gasteiger partial charge in [0.1, 0.15) is 23.9 Å². The van der Waals surface area contributed by atoms with Gasteiger partial charge in [0.15, 0.2) is 0 Å². The summed E-state index contributed by atoms with van der Waals surface area (Å²) in [7, 11) is 0. The summed E-state index contributed by atoms with van der Waals surface area (Å²) in [6.07, 6.45) is -1.68. The summed E-state index contributed by atoms with van der Waals surface area (Å²) in [5, 5.41) is 20.0. The molecule has 5 heteroatoms. The highest BCUT2D eigenvalue weighted by molar-refractivity contribution is 5.89. The zero-order valence-corrected chi connectivity index (χ0v) is 10.4. The Morgan fingerprint density at radius 2 is 2.00 bits per heavy atom. The van der Waals surface area contributed by atoms with Crippen molar-refractivity contribution in [2.75, 3.05) is 6.61 Å². The van der Waals surface area contributed by atoms with Gasteiger partial charge in [-0.1, -0.05) is 18.2 Å². The number of rotatable bonds is 2. The van der Waals surface area contributed by atoms with E-state index >= 15 is 0 Å². The van der Waals surface area contributed by atoms with Crippen LogP contribution in [0.15, 0.2) is 30.3 Å². The molecule has 2 fully saturated rings. The van der Waals surface area contributed by atoms with Gasteiger partial charge in [0.2, 0.25) is 0 Å². The molecule has 0 bridgehead atoms. The van der Waals surface area contributed by atoms with Crippen molar-refractivity contribution in [2.24, 2.45) is 0 Å². The average molecular weight is 264 g/mol. The summed E-state index contributed by atoms with van der Waals surface area (Å²) in [4.78, 5) is 11.9. The van der Waals surface area contributed by atoms with Gasteiger partial charge < -0.3 is 19.7 Å². The molecule has 1 saturated carbocycles. The number of aliphatic hydroxyl groups excluding tert-OH is 2. The zero-order valence-electron chi connectivity index (χ0n) is 10.4. The molecule has 4 atom stereocenters. The Labute approximate surface area is 110 Å². The number of carbonyl (C=O) groups is 1. The van der Waals surface area contributed by atoms with Gasteiger partial charge in [0.25, 0.3) is 0 Å². The first-order valence-electron chi connectivity index (χ1n) is 6.38. The molecule has 2 aliphatic rings. The van der Waals surface area contributed by atoms with Crippen molar-refractivity contribution in [3.8, 4) is 0 Å². The summed E-state index contributed by atoms with van der Waals surface area (Å²) in [5.74, 6) is -0.482. The monoisotopic (exact) mass is 264 g/mol. The van der Waals surface area contributed by atoms with E-state index in [1.807, 2.05) is 6.07 Å². The Bertz CT molecular complexity index is 468. The first kappa shape index (κ1) is 12.6. The van der Waals surface area contributed by atoms with Crippen LogP contribution < -0.4 is 0 Å². The van der Waals surface area contributed by atoms with Crippen LogP contribution in [0.1, 0.15) is 23.2 Å². The number of benzene rings is 1. The fraction of sp³-hybridized carbons (Fsp3) is 0.500. The molecule has 1 aromatic rings. The first-order valence-corrected chi connectivity index (χ1v) is 6.38. The molecule has 2 N–H and O–H groups in total. The van der Waals surface area contributed by atoms with E-state index in [0.29, 0.717) is 25.0 Å². The molecule has 1 heterocycles. The fourth-order valence-electron chi connectivity index (χ4n) is 2.54. The minimum Gasteiger partial charge on any atom is -0.456 e. The predicted octanol–water partition coefficient (Wildman–Crippen LogP) is 0.497. The third-order valence-electron chi connectivity index (χ3n) is 3.88. The molecule has 102 valence electrons. The summed E-state index contributed by atoms with van der Waals surface area (Å²) < 4.78 is 10.5. The third-order valence-corrected chi connectivity index (χ3v) is 3.88. The summed E-state index contributed by atoms with van der Waals surface area (Å²) in [6, 6.07) is 8.61. The molecule has 1 aliphatic carbocycles. The lowest BCUT2D eigenvalue weighted by molar-refractivity contribution is -0.122. The van der Waals surface area contributed by atoms with Crippen LogP contribution in [0.2, 0.25) is 0 Å². The van der Waals surface area contributed by atoms with Crippen molar-refractivity contribution in [3.63, 3.8) is 0 Å². The van der Waals surface area contributed by atoms with Gasteiger partial charge >= 0.3 is 5.97 Å². The second-order valence-corrected chi connectivity index (χ2v) is 5.14. The van der Waals surface area contributed by atoms with Crippen LogP contribution in [0.3, 0.4) is 0 Å². The molecule has 0 unspecified atom stereocenters. The lowest BCUT2D eigenvalue weighted by Crippen LogP contribution is -2.52. The van der Waals surface area contributed by atoms with E-state index in [-0.39, 0.29) is 0 Å². The predicted molar refractivity (Wildman–Crippen MR) is 65.6 cm³/mol. The van der Waals surface area contributed by atoms with Crippen molar-refractivity contribution in [1.82, 2.24) is 0 Å². The second-order valence-electron chi connectivity index (χ2n) is 5.14. The second kappa shape index (κ2) is 4.59. The summed E-state index contributed by atoms with van der Waals surface area (Å²) in [6.45, 7) is 0.463. The molecular weight excluding hydrogens is 248 g/mol. The number of epoxide rings is 1. The molecule has 19 heavy (non-hydrogen) atoms. The van der Waals surface area contributed by atoms with Gasteiger partial charge in [-0.15, -0.1) is 0 Å². The van der Waals surface area contributed by atoms with Gasteiger partial charge in [-0.3, -0.25) is 0 Å². The molecular formula is C14H16O5. The maximum atomic E-state index is 11.9. The molecule has 1 saturated heterocycles. The maximum absolute atomic E-state index is 11.9. The van der Waals surface area contributed by atoms with E-state index in [1.54, 1.807) is 24.3 Å². The number of hydrogen-bond donors (Lipinski definition) is 2. The smallest absolute Gasteiger partial charge is 0.338 e. The molecule has 1 spiro atoms. The Morgan fingerprint density at radius 3 is 2.63 bits per heavy atom. The zero-order chi connectivity index (χ0) is 13.5. The van der Waals surface area contributed by atoms with Gasteiger partial charge in [-0.2, -0.15) is 0 Å². The van der Waals surface area contributed by atoms with Gasteiger partial charge in [-0.05, 0) is 25.0 Å². The van der Waals surface area contributed by atoms with Crippen molar-refractivity contribution in [1.29, 1.82) is 0 Å². The number of ether oxygens (including phenoxy) is 2. The van der Waals surface area contributed by atoms with Crippen molar-refractivity contribution >= 4 is 5.97 Å². The lowest BCUT2D eigenvalue weighted by Gasteiger charge is -2.35. The van der Waals surface area contributed by atoms with E-state index < -0.39 is 29.9 Å². The van der Waals surface area contributed by atoms with Gasteiger partial charge in [-0.25, -0.2) is 4.79 Å². The largest absolute Gasteiger partial charge is 0.456 e. The van der Waals surface area contributed by atoms with E-state index in [2.05, 4.69) is 0 Å². The van der Waals surface area contributed by atoms with Crippen molar-refractivity contribution < 1.29 is 24.5 Å². The summed E-state index contributed by atoms with van der Waals surface area (Å²) in [5.41, 5.74) is -0.165. The molecule has 1 aromatic carbocycles. The molecule has 0 aromatic heterocycles. The van der Waals surface area contributed by atoms with E-state index in [9.17, 15) is 15.0 Å². The third kappa shape index (κ3) is 2.25.